The highest BCUT2D eigenvalue weighted by molar-refractivity contribution is 5.95. The highest BCUT2D eigenvalue weighted by Gasteiger charge is 2.25. The zero-order valence-electron chi connectivity index (χ0n) is 19.6. The van der Waals surface area contributed by atoms with Gasteiger partial charge in [-0.3, -0.25) is 4.68 Å². The van der Waals surface area contributed by atoms with E-state index in [0.29, 0.717) is 13.1 Å². The molecule has 0 atom stereocenters. The number of aromatic nitrogens is 4. The number of nitrogens with zero attached hydrogens (tertiary/aromatic N) is 4. The van der Waals surface area contributed by atoms with Gasteiger partial charge in [0, 0.05) is 48.5 Å². The van der Waals surface area contributed by atoms with E-state index in [1.165, 1.54) is 0 Å². The molecule has 34 heavy (non-hydrogen) atoms. The predicted octanol–water partition coefficient (Wildman–Crippen LogP) is 3.76. The maximum atomic E-state index is 12.5. The second kappa shape index (κ2) is 8.49. The molecule has 176 valence electrons. The van der Waals surface area contributed by atoms with Gasteiger partial charge in [-0.1, -0.05) is 6.08 Å². The Morgan fingerprint density at radius 1 is 1.26 bits per heavy atom. The molecule has 3 aromatic heterocycles. The van der Waals surface area contributed by atoms with E-state index >= 15 is 0 Å². The first-order chi connectivity index (χ1) is 16.3. The molecule has 1 aliphatic heterocycles. The lowest BCUT2D eigenvalue weighted by atomic mass is 10.0. The van der Waals surface area contributed by atoms with Gasteiger partial charge in [-0.15, -0.1) is 0 Å². The summed E-state index contributed by atoms with van der Waals surface area (Å²) in [5.41, 5.74) is 5.38. The SMILES string of the molecule is Cn1ncc2cc(Nc3ccnc4[nH]c(C5=CCN(C(=O)NC(C)(C)CO)CC5)cc34)ccc21. The lowest BCUT2D eigenvalue weighted by Crippen LogP contribution is -2.52. The Morgan fingerprint density at radius 2 is 2.12 bits per heavy atom. The summed E-state index contributed by atoms with van der Waals surface area (Å²) < 4.78 is 1.86. The van der Waals surface area contributed by atoms with Crippen LogP contribution in [0.2, 0.25) is 0 Å². The molecule has 0 saturated heterocycles. The van der Waals surface area contributed by atoms with Crippen molar-refractivity contribution in [3.63, 3.8) is 0 Å². The minimum atomic E-state index is -0.644. The van der Waals surface area contributed by atoms with Crippen molar-refractivity contribution < 1.29 is 9.90 Å². The molecule has 0 bridgehead atoms. The number of aromatic amines is 1. The maximum Gasteiger partial charge on any atom is 0.318 e. The highest BCUT2D eigenvalue weighted by Crippen LogP contribution is 2.31. The van der Waals surface area contributed by atoms with Crippen LogP contribution < -0.4 is 10.6 Å². The van der Waals surface area contributed by atoms with Gasteiger partial charge in [0.05, 0.1) is 29.5 Å². The number of hydrogen-bond acceptors (Lipinski definition) is 5. The summed E-state index contributed by atoms with van der Waals surface area (Å²) in [7, 11) is 1.94. The average molecular weight is 460 g/mol. The minimum Gasteiger partial charge on any atom is -0.394 e. The van der Waals surface area contributed by atoms with E-state index in [1.807, 2.05) is 30.1 Å². The molecular weight excluding hydrogens is 430 g/mol. The minimum absolute atomic E-state index is 0.109. The summed E-state index contributed by atoms with van der Waals surface area (Å²) in [5, 5.41) is 22.2. The topological polar surface area (TPSA) is 111 Å². The molecule has 1 aliphatic rings. The summed E-state index contributed by atoms with van der Waals surface area (Å²) in [6.45, 7) is 4.62. The molecule has 0 aliphatic carbocycles. The van der Waals surface area contributed by atoms with Crippen LogP contribution in [0.1, 0.15) is 26.0 Å². The van der Waals surface area contributed by atoms with Gasteiger partial charge in [-0.25, -0.2) is 9.78 Å². The van der Waals surface area contributed by atoms with E-state index in [9.17, 15) is 9.90 Å². The molecular formula is C25H29N7O2. The monoisotopic (exact) mass is 459 g/mol. The van der Waals surface area contributed by atoms with Crippen LogP contribution in [0.25, 0.3) is 27.5 Å². The fourth-order valence-corrected chi connectivity index (χ4v) is 4.21. The highest BCUT2D eigenvalue weighted by atomic mass is 16.3. The molecule has 4 aromatic rings. The molecule has 9 heteroatoms. The number of aryl methyl sites for hydroxylation is 1. The molecule has 0 saturated carbocycles. The summed E-state index contributed by atoms with van der Waals surface area (Å²) in [5.74, 6) is 0. The molecule has 4 heterocycles. The summed E-state index contributed by atoms with van der Waals surface area (Å²) in [4.78, 5) is 22.2. The second-order valence-electron chi connectivity index (χ2n) is 9.37. The third-order valence-electron chi connectivity index (χ3n) is 6.24. The van der Waals surface area contributed by atoms with E-state index in [2.05, 4.69) is 50.0 Å². The van der Waals surface area contributed by atoms with Crippen LogP contribution in [0, 0.1) is 0 Å². The summed E-state index contributed by atoms with van der Waals surface area (Å²) in [6, 6.07) is 10.1. The number of urea groups is 1. The predicted molar refractivity (Wildman–Crippen MR) is 134 cm³/mol. The maximum absolute atomic E-state index is 12.5. The van der Waals surface area contributed by atoms with Crippen molar-refractivity contribution in [1.29, 1.82) is 0 Å². The fourth-order valence-electron chi connectivity index (χ4n) is 4.21. The lowest BCUT2D eigenvalue weighted by Gasteiger charge is -2.31. The number of anilines is 2. The van der Waals surface area contributed by atoms with Crippen molar-refractivity contribution in [2.24, 2.45) is 7.05 Å². The van der Waals surface area contributed by atoms with Gasteiger partial charge in [-0.05, 0) is 56.2 Å². The molecule has 9 nitrogen and oxygen atoms in total. The summed E-state index contributed by atoms with van der Waals surface area (Å²) >= 11 is 0. The third kappa shape index (κ3) is 4.22. The van der Waals surface area contributed by atoms with Crippen LogP contribution in [-0.2, 0) is 7.05 Å². The zero-order chi connectivity index (χ0) is 23.9. The first-order valence-electron chi connectivity index (χ1n) is 11.4. The molecule has 0 spiro atoms. The van der Waals surface area contributed by atoms with Crippen molar-refractivity contribution in [2.75, 3.05) is 25.0 Å². The Morgan fingerprint density at radius 3 is 2.88 bits per heavy atom. The van der Waals surface area contributed by atoms with Crippen molar-refractivity contribution in [2.45, 2.75) is 25.8 Å². The number of amides is 2. The van der Waals surface area contributed by atoms with E-state index in [1.54, 1.807) is 24.9 Å². The van der Waals surface area contributed by atoms with Gasteiger partial charge in [0.2, 0.25) is 0 Å². The number of rotatable bonds is 5. The number of pyridine rings is 1. The number of carbonyl (C=O) groups is 1. The Kier molecular flexibility index (Phi) is 5.49. The van der Waals surface area contributed by atoms with Crippen molar-refractivity contribution >= 4 is 44.9 Å². The first-order valence-corrected chi connectivity index (χ1v) is 11.4. The summed E-state index contributed by atoms with van der Waals surface area (Å²) in [6.07, 6.45) is 6.46. The Hall–Kier alpha value is -3.85. The van der Waals surface area contributed by atoms with Gasteiger partial charge >= 0.3 is 6.03 Å². The number of nitrogens with one attached hydrogen (secondary N) is 3. The number of H-pyrrole nitrogens is 1. The molecule has 0 radical (unpaired) electrons. The molecule has 1 aromatic carbocycles. The number of fused-ring (bicyclic) bond motifs is 2. The zero-order valence-corrected chi connectivity index (χ0v) is 19.6. The molecule has 0 unspecified atom stereocenters. The van der Waals surface area contributed by atoms with Gasteiger partial charge in [0.25, 0.3) is 0 Å². The quantitative estimate of drug-likeness (QED) is 0.363. The van der Waals surface area contributed by atoms with Crippen LogP contribution >= 0.6 is 0 Å². The van der Waals surface area contributed by atoms with Gasteiger partial charge in [-0.2, -0.15) is 5.10 Å². The van der Waals surface area contributed by atoms with Gasteiger partial charge in [0.15, 0.2) is 0 Å². The molecule has 0 fully saturated rings. The normalized spacial score (nSPS) is 14.5. The van der Waals surface area contributed by atoms with Crippen molar-refractivity contribution in [1.82, 2.24) is 30.0 Å². The number of benzene rings is 1. The first kappa shape index (κ1) is 22.0. The largest absolute Gasteiger partial charge is 0.394 e. The van der Waals surface area contributed by atoms with Crippen LogP contribution in [0.5, 0.6) is 0 Å². The molecule has 2 amide bonds. The lowest BCUT2D eigenvalue weighted by molar-refractivity contribution is 0.161. The van der Waals surface area contributed by atoms with Crippen molar-refractivity contribution in [3.05, 3.63) is 54.5 Å². The third-order valence-corrected chi connectivity index (χ3v) is 6.24. The Labute approximate surface area is 197 Å². The number of carbonyl (C=O) groups excluding carboxylic acids is 1. The van der Waals surface area contributed by atoms with Crippen LogP contribution in [0.15, 0.2) is 48.8 Å². The Bertz CT molecular complexity index is 1400. The van der Waals surface area contributed by atoms with Gasteiger partial charge in [0.1, 0.15) is 5.65 Å². The van der Waals surface area contributed by atoms with Crippen molar-refractivity contribution in [3.8, 4) is 0 Å². The number of aliphatic hydroxyl groups excluding tert-OH is 1. The molecule has 4 N–H and O–H groups in total. The average Bonchev–Trinajstić information content (AvgIpc) is 3.43. The van der Waals surface area contributed by atoms with E-state index < -0.39 is 5.54 Å². The van der Waals surface area contributed by atoms with E-state index in [4.69, 9.17) is 0 Å². The fraction of sp³-hybridized carbons (Fsp3) is 0.320. The van der Waals surface area contributed by atoms with Crippen LogP contribution in [-0.4, -0.2) is 61.0 Å². The standard InChI is InChI=1S/C25H29N7O2/c1-25(2,15-33)30-24(34)32-10-7-16(8-11-32)21-13-19-20(6-9-26-23(19)29-21)28-18-4-5-22-17(12-18)14-27-31(22)3/h4-7,9,12-14,33H,8,10-11,15H2,1-3H3,(H,30,34)(H2,26,28,29). The number of aliphatic hydroxyl groups is 1. The smallest absolute Gasteiger partial charge is 0.318 e. The Balaban J connectivity index is 1.35. The number of hydrogen-bond donors (Lipinski definition) is 4. The van der Waals surface area contributed by atoms with E-state index in [-0.39, 0.29) is 12.6 Å². The molecule has 5 rings (SSSR count). The van der Waals surface area contributed by atoms with Gasteiger partial charge < -0.3 is 25.6 Å². The van der Waals surface area contributed by atoms with E-state index in [0.717, 1.165) is 51.0 Å². The van der Waals surface area contributed by atoms with Crippen LogP contribution in [0.3, 0.4) is 0 Å². The second-order valence-corrected chi connectivity index (χ2v) is 9.37. The van der Waals surface area contributed by atoms with Crippen LogP contribution in [0.4, 0.5) is 16.2 Å².